The summed E-state index contributed by atoms with van der Waals surface area (Å²) in [6.07, 6.45) is 0.121. The van der Waals surface area contributed by atoms with Crippen LogP contribution in [0.25, 0.3) is 0 Å². The summed E-state index contributed by atoms with van der Waals surface area (Å²) in [5.41, 5.74) is 0. The van der Waals surface area contributed by atoms with Crippen molar-refractivity contribution >= 4 is 0 Å². The molecule has 3 fully saturated rings. The summed E-state index contributed by atoms with van der Waals surface area (Å²) < 4.78 is 0. The molecule has 50 valence electrons. The van der Waals surface area contributed by atoms with Crippen LogP contribution in [0.1, 0.15) is 0 Å². The van der Waals surface area contributed by atoms with Crippen LogP contribution in [0.2, 0.25) is 0 Å². The number of hydrogen-bond donors (Lipinski definition) is 2. The van der Waals surface area contributed by atoms with Crippen molar-refractivity contribution in [3.05, 3.63) is 0 Å². The molecule has 2 saturated carbocycles. The van der Waals surface area contributed by atoms with Crippen LogP contribution in [-0.4, -0.2) is 24.3 Å². The Kier molecular flexibility index (Phi) is 0.616. The Bertz CT molecular complexity index is 145. The van der Waals surface area contributed by atoms with E-state index in [0.717, 1.165) is 23.7 Å². The molecule has 0 aromatic rings. The minimum absolute atomic E-state index is 0.121. The molecule has 0 radical (unpaired) electrons. The summed E-state index contributed by atoms with van der Waals surface area (Å²) in [7, 11) is 0. The minimum Gasteiger partial charge on any atom is -0.393 e. The third-order valence-corrected chi connectivity index (χ3v) is 3.20. The van der Waals surface area contributed by atoms with Gasteiger partial charge in [0.2, 0.25) is 0 Å². The fourth-order valence-electron chi connectivity index (χ4n) is 2.25. The summed E-state index contributed by atoms with van der Waals surface area (Å²) in [4.78, 5) is 0. The summed E-state index contributed by atoms with van der Waals surface area (Å²) in [5.74, 6) is 3.36. The lowest BCUT2D eigenvalue weighted by molar-refractivity contribution is 0.146. The van der Waals surface area contributed by atoms with Gasteiger partial charge in [0.1, 0.15) is 0 Å². The number of hydrogen-bond acceptors (Lipinski definition) is 2. The van der Waals surface area contributed by atoms with Crippen molar-refractivity contribution in [1.29, 1.82) is 0 Å². The molecular weight excluding hydrogens is 114 g/mol. The van der Waals surface area contributed by atoms with Gasteiger partial charge in [-0.3, -0.25) is 0 Å². The van der Waals surface area contributed by atoms with Gasteiger partial charge in [-0.15, -0.1) is 0 Å². The first-order chi connectivity index (χ1) is 4.39. The van der Waals surface area contributed by atoms with Crippen molar-refractivity contribution in [2.75, 3.05) is 13.1 Å². The Morgan fingerprint density at radius 3 is 2.11 bits per heavy atom. The van der Waals surface area contributed by atoms with Gasteiger partial charge in [0.25, 0.3) is 0 Å². The van der Waals surface area contributed by atoms with Gasteiger partial charge in [-0.1, -0.05) is 0 Å². The first kappa shape index (κ1) is 4.69. The van der Waals surface area contributed by atoms with E-state index in [1.807, 2.05) is 0 Å². The summed E-state index contributed by atoms with van der Waals surface area (Å²) in [6.45, 7) is 2.43. The average Bonchev–Trinajstić information content (AvgIpc) is 2.51. The number of aliphatic hydroxyl groups excluding tert-OH is 1. The molecular formula is C7H11NO. The van der Waals surface area contributed by atoms with Crippen LogP contribution in [0.5, 0.6) is 0 Å². The first-order valence-electron chi connectivity index (χ1n) is 3.78. The van der Waals surface area contributed by atoms with Crippen LogP contribution in [0.3, 0.4) is 0 Å². The van der Waals surface area contributed by atoms with Gasteiger partial charge in [-0.05, 0) is 36.8 Å². The molecule has 1 aliphatic heterocycles. The molecule has 2 unspecified atom stereocenters. The fourth-order valence-corrected chi connectivity index (χ4v) is 2.25. The zero-order chi connectivity index (χ0) is 6.01. The number of fused-ring (bicyclic) bond motifs is 1. The second-order valence-corrected chi connectivity index (χ2v) is 3.64. The molecule has 1 heterocycles. The van der Waals surface area contributed by atoms with Crippen molar-refractivity contribution in [3.8, 4) is 0 Å². The molecule has 0 amide bonds. The Morgan fingerprint density at radius 2 is 1.78 bits per heavy atom. The molecule has 3 rings (SSSR count). The summed E-state index contributed by atoms with van der Waals surface area (Å²) >= 11 is 0. The lowest BCUT2D eigenvalue weighted by Gasteiger charge is -2.30. The third kappa shape index (κ3) is 0.413. The minimum atomic E-state index is 0.121. The first-order valence-corrected chi connectivity index (χ1v) is 3.78. The van der Waals surface area contributed by atoms with Gasteiger partial charge in [0, 0.05) is 0 Å². The van der Waals surface area contributed by atoms with E-state index in [4.69, 9.17) is 5.11 Å². The van der Waals surface area contributed by atoms with Crippen molar-refractivity contribution in [3.63, 3.8) is 0 Å². The lowest BCUT2D eigenvalue weighted by Crippen LogP contribution is -2.45. The van der Waals surface area contributed by atoms with Crippen LogP contribution < -0.4 is 5.32 Å². The van der Waals surface area contributed by atoms with Crippen molar-refractivity contribution in [2.24, 2.45) is 23.7 Å². The van der Waals surface area contributed by atoms with Gasteiger partial charge in [0.05, 0.1) is 6.10 Å². The van der Waals surface area contributed by atoms with E-state index >= 15 is 0 Å². The van der Waals surface area contributed by atoms with E-state index in [1.54, 1.807) is 0 Å². The smallest absolute Gasteiger partial charge is 0.0609 e. The normalized spacial score (nSPS) is 62.3. The Labute approximate surface area is 54.3 Å². The highest BCUT2D eigenvalue weighted by atomic mass is 16.3. The Balaban J connectivity index is 1.62. The lowest BCUT2D eigenvalue weighted by atomic mass is 9.90. The van der Waals surface area contributed by atoms with Gasteiger partial charge in [-0.2, -0.15) is 0 Å². The molecule has 3 aliphatic rings. The van der Waals surface area contributed by atoms with E-state index in [0.29, 0.717) is 0 Å². The Morgan fingerprint density at radius 1 is 1.11 bits per heavy atom. The fraction of sp³-hybridized carbons (Fsp3) is 1.00. The molecule has 2 nitrogen and oxygen atoms in total. The van der Waals surface area contributed by atoms with E-state index in [1.165, 1.54) is 13.1 Å². The van der Waals surface area contributed by atoms with Crippen LogP contribution >= 0.6 is 0 Å². The zero-order valence-corrected chi connectivity index (χ0v) is 5.25. The highest BCUT2D eigenvalue weighted by Gasteiger charge is 2.75. The highest BCUT2D eigenvalue weighted by molar-refractivity contribution is 5.23. The molecule has 9 heavy (non-hydrogen) atoms. The maximum Gasteiger partial charge on any atom is 0.0609 e. The SMILES string of the molecule is OC1C2C(C3CNC3)C12. The zero-order valence-electron chi connectivity index (χ0n) is 5.25. The van der Waals surface area contributed by atoms with Crippen LogP contribution in [0.15, 0.2) is 0 Å². The van der Waals surface area contributed by atoms with Gasteiger partial charge < -0.3 is 10.4 Å². The van der Waals surface area contributed by atoms with Crippen LogP contribution in [0, 0.1) is 23.7 Å². The predicted octanol–water partition coefficient (Wildman–Crippen LogP) is -0.558. The molecule has 1 saturated heterocycles. The molecule has 2 N–H and O–H groups in total. The molecule has 0 spiro atoms. The molecule has 2 heteroatoms. The van der Waals surface area contributed by atoms with Gasteiger partial charge >= 0.3 is 0 Å². The topological polar surface area (TPSA) is 32.3 Å². The highest BCUT2D eigenvalue weighted by Crippen LogP contribution is 2.71. The second kappa shape index (κ2) is 1.18. The van der Waals surface area contributed by atoms with Gasteiger partial charge in [-0.25, -0.2) is 0 Å². The number of rotatable bonds is 1. The van der Waals surface area contributed by atoms with E-state index in [-0.39, 0.29) is 6.10 Å². The second-order valence-electron chi connectivity index (χ2n) is 3.64. The van der Waals surface area contributed by atoms with Gasteiger partial charge in [0.15, 0.2) is 0 Å². The Hall–Kier alpha value is -0.0800. The van der Waals surface area contributed by atoms with E-state index in [2.05, 4.69) is 5.32 Å². The molecule has 0 aromatic heterocycles. The molecule has 0 aromatic carbocycles. The monoisotopic (exact) mass is 125 g/mol. The average molecular weight is 125 g/mol. The van der Waals surface area contributed by atoms with Crippen molar-refractivity contribution < 1.29 is 5.11 Å². The standard InChI is InChI=1S/C7H11NO/c9-7-5-4(6(5)7)3-1-8-2-3/h3-9H,1-2H2. The maximum absolute atomic E-state index is 9.00. The summed E-state index contributed by atoms with van der Waals surface area (Å²) in [5, 5.41) is 12.3. The van der Waals surface area contributed by atoms with Crippen molar-refractivity contribution in [1.82, 2.24) is 5.32 Å². The summed E-state index contributed by atoms with van der Waals surface area (Å²) in [6, 6.07) is 0. The van der Waals surface area contributed by atoms with Crippen LogP contribution in [0.4, 0.5) is 0 Å². The van der Waals surface area contributed by atoms with Crippen LogP contribution in [-0.2, 0) is 0 Å². The van der Waals surface area contributed by atoms with Crippen molar-refractivity contribution in [2.45, 2.75) is 6.10 Å². The largest absolute Gasteiger partial charge is 0.393 e. The van der Waals surface area contributed by atoms with E-state index in [9.17, 15) is 0 Å². The quantitative estimate of drug-likeness (QED) is 0.492. The predicted molar refractivity (Wildman–Crippen MR) is 32.8 cm³/mol. The number of nitrogens with one attached hydrogen (secondary N) is 1. The van der Waals surface area contributed by atoms with E-state index < -0.39 is 0 Å². The number of aliphatic hydroxyl groups is 1. The molecule has 0 bridgehead atoms. The maximum atomic E-state index is 9.00. The molecule has 2 aliphatic carbocycles. The third-order valence-electron chi connectivity index (χ3n) is 3.20. The molecule has 2 atom stereocenters.